The maximum atomic E-state index is 13.4. The summed E-state index contributed by atoms with van der Waals surface area (Å²) < 4.78 is 6.91. The maximum absolute atomic E-state index is 13.4. The zero-order valence-electron chi connectivity index (χ0n) is 20.5. The van der Waals surface area contributed by atoms with Crippen LogP contribution in [0.15, 0.2) is 77.1 Å². The number of benzene rings is 2. The summed E-state index contributed by atoms with van der Waals surface area (Å²) in [5.74, 6) is -3.75. The lowest BCUT2D eigenvalue weighted by Gasteiger charge is -2.49. The molecular weight excluding hydrogens is 544 g/mol. The number of fused-ring (bicyclic) bond motifs is 1. The lowest BCUT2D eigenvalue weighted by atomic mass is 9.96. The molecule has 2 unspecified atom stereocenters. The molecule has 1 saturated heterocycles. The minimum Gasteiger partial charge on any atom is -0.477 e. The molecule has 12 nitrogen and oxygen atoms in total. The smallest absolute Gasteiger partial charge is 0.352 e. The molecule has 2 amide bonds. The zero-order valence-corrected chi connectivity index (χ0v) is 22.1. The van der Waals surface area contributed by atoms with Crippen molar-refractivity contribution in [2.45, 2.75) is 22.5 Å². The van der Waals surface area contributed by atoms with Gasteiger partial charge in [-0.05, 0) is 33.7 Å². The van der Waals surface area contributed by atoms with Crippen LogP contribution in [0.3, 0.4) is 0 Å². The first kappa shape index (κ1) is 26.4. The first-order valence-corrected chi connectivity index (χ1v) is 13.8. The number of β-lactam (4-membered cyclic amide) rings is 1. The highest BCUT2D eigenvalue weighted by Crippen LogP contribution is 2.41. The predicted octanol–water partition coefficient (Wildman–Crippen LogP) is 1.43. The largest absolute Gasteiger partial charge is 0.477 e. The Bertz CT molecular complexity index is 1450. The monoisotopic (exact) mass is 566 g/mol. The number of thioether (sulfide) groups is 2. The fourth-order valence-electron chi connectivity index (χ4n) is 4.23. The number of carbonyl (C=O) groups is 4. The molecule has 0 spiro atoms. The number of aliphatic carboxylic acids is 1. The number of carboxylic acid groups (broad SMARTS) is 1. The molecule has 3 heterocycles. The van der Waals surface area contributed by atoms with Crippen LogP contribution in [0.4, 0.5) is 0 Å². The highest BCUT2D eigenvalue weighted by atomic mass is 32.2. The number of hydrogen-bond donors (Lipinski definition) is 2. The average molecular weight is 567 g/mol. The van der Waals surface area contributed by atoms with Crippen molar-refractivity contribution in [3.8, 4) is 5.75 Å². The number of amides is 2. The van der Waals surface area contributed by atoms with Crippen LogP contribution in [0.25, 0.3) is 0 Å². The van der Waals surface area contributed by atoms with E-state index in [1.807, 2.05) is 0 Å². The van der Waals surface area contributed by atoms with Crippen molar-refractivity contribution in [3.05, 3.63) is 77.5 Å². The number of para-hydroxylation sites is 1. The van der Waals surface area contributed by atoms with Gasteiger partial charge in [-0.25, -0.2) is 9.48 Å². The number of tetrazole rings is 1. The summed E-state index contributed by atoms with van der Waals surface area (Å²) in [5, 5.41) is 23.7. The van der Waals surface area contributed by atoms with E-state index in [0.29, 0.717) is 22.0 Å². The van der Waals surface area contributed by atoms with Crippen LogP contribution in [0.2, 0.25) is 0 Å². The quantitative estimate of drug-likeness (QED) is 0.127. The van der Waals surface area contributed by atoms with Gasteiger partial charge in [0.2, 0.25) is 11.1 Å². The Morgan fingerprint density at radius 2 is 1.85 bits per heavy atom. The first-order chi connectivity index (χ1) is 18.8. The molecule has 2 aliphatic rings. The fourth-order valence-corrected chi connectivity index (χ4v) is 6.56. The van der Waals surface area contributed by atoms with E-state index in [1.54, 1.807) is 67.7 Å². The van der Waals surface area contributed by atoms with Gasteiger partial charge in [0.05, 0.1) is 0 Å². The third-order valence-electron chi connectivity index (χ3n) is 6.10. The first-order valence-electron chi connectivity index (χ1n) is 11.7. The Kier molecular flexibility index (Phi) is 7.65. The number of esters is 1. The highest BCUT2D eigenvalue weighted by Gasteiger charge is 2.54. The Hall–Kier alpha value is -4.17. The summed E-state index contributed by atoms with van der Waals surface area (Å²) in [4.78, 5) is 53.0. The summed E-state index contributed by atoms with van der Waals surface area (Å²) >= 11 is 2.60. The molecule has 200 valence electrons. The molecular formula is C25H22N6O6S2. The van der Waals surface area contributed by atoms with Crippen LogP contribution in [0.5, 0.6) is 5.75 Å². The number of aromatic nitrogens is 4. The number of carboxylic acids is 1. The molecule has 2 N–H and O–H groups in total. The summed E-state index contributed by atoms with van der Waals surface area (Å²) in [6.07, 6.45) is 0. The summed E-state index contributed by atoms with van der Waals surface area (Å²) in [6.45, 7) is 0. The van der Waals surface area contributed by atoms with Gasteiger partial charge in [0, 0.05) is 18.6 Å². The van der Waals surface area contributed by atoms with E-state index in [0.717, 1.165) is 0 Å². The fraction of sp³-hybridized carbons (Fsp3) is 0.240. The van der Waals surface area contributed by atoms with Gasteiger partial charge in [0.25, 0.3) is 5.91 Å². The minimum atomic E-state index is -1.33. The molecule has 5 rings (SSSR count). The van der Waals surface area contributed by atoms with Crippen molar-refractivity contribution in [3.63, 3.8) is 0 Å². The van der Waals surface area contributed by atoms with Gasteiger partial charge in [-0.3, -0.25) is 19.3 Å². The number of nitrogens with one attached hydrogen (secondary N) is 1. The third-order valence-corrected chi connectivity index (χ3v) is 8.53. The Labute approximate surface area is 230 Å². The molecule has 1 fully saturated rings. The van der Waals surface area contributed by atoms with E-state index in [2.05, 4.69) is 20.8 Å². The number of aryl methyl sites for hydroxylation is 1. The van der Waals surface area contributed by atoms with Crippen LogP contribution in [0, 0.1) is 0 Å². The van der Waals surface area contributed by atoms with Crippen LogP contribution >= 0.6 is 23.5 Å². The molecule has 3 aromatic rings. The van der Waals surface area contributed by atoms with Gasteiger partial charge in [-0.15, -0.1) is 16.9 Å². The molecule has 14 heteroatoms. The summed E-state index contributed by atoms with van der Waals surface area (Å²) in [5.41, 5.74) is 0.836. The molecule has 1 aromatic heterocycles. The second kappa shape index (κ2) is 11.3. The van der Waals surface area contributed by atoms with Crippen molar-refractivity contribution in [1.82, 2.24) is 30.4 Å². The lowest BCUT2D eigenvalue weighted by Crippen LogP contribution is -2.71. The molecule has 39 heavy (non-hydrogen) atoms. The molecule has 0 bridgehead atoms. The number of carbonyl (C=O) groups excluding carboxylic acids is 3. The van der Waals surface area contributed by atoms with E-state index in [9.17, 15) is 24.3 Å². The molecule has 0 radical (unpaired) electrons. The SMILES string of the molecule is Cn1nnnc1SCC1=C(C(=O)O)N2C(=O)C(NC(=O)C(C(=O)Oc3ccccc3)c3ccccc3)[C@@H]2SC1. The highest BCUT2D eigenvalue weighted by molar-refractivity contribution is 8.01. The second-order valence-corrected chi connectivity index (χ2v) is 10.7. The van der Waals surface area contributed by atoms with Gasteiger partial charge in [-0.1, -0.05) is 60.3 Å². The Morgan fingerprint density at radius 1 is 1.15 bits per heavy atom. The van der Waals surface area contributed by atoms with E-state index in [1.165, 1.54) is 33.1 Å². The molecule has 0 saturated carbocycles. The van der Waals surface area contributed by atoms with Crippen LogP contribution in [-0.4, -0.2) is 76.9 Å². The Balaban J connectivity index is 1.32. The summed E-state index contributed by atoms with van der Waals surface area (Å²) in [7, 11) is 1.67. The van der Waals surface area contributed by atoms with E-state index >= 15 is 0 Å². The number of rotatable bonds is 9. The van der Waals surface area contributed by atoms with Gasteiger partial charge in [-0.2, -0.15) is 0 Å². The van der Waals surface area contributed by atoms with Gasteiger partial charge < -0.3 is 15.2 Å². The van der Waals surface area contributed by atoms with E-state index in [4.69, 9.17) is 4.74 Å². The van der Waals surface area contributed by atoms with Gasteiger partial charge >= 0.3 is 11.9 Å². The van der Waals surface area contributed by atoms with Crippen LogP contribution in [0.1, 0.15) is 11.5 Å². The number of hydrogen-bond acceptors (Lipinski definition) is 10. The van der Waals surface area contributed by atoms with Crippen molar-refractivity contribution >= 4 is 47.3 Å². The number of ether oxygens (including phenoxy) is 1. The van der Waals surface area contributed by atoms with Crippen LogP contribution < -0.4 is 10.1 Å². The predicted molar refractivity (Wildman–Crippen MR) is 140 cm³/mol. The maximum Gasteiger partial charge on any atom is 0.352 e. The zero-order chi connectivity index (χ0) is 27.5. The molecule has 0 aliphatic carbocycles. The molecule has 2 aliphatic heterocycles. The van der Waals surface area contributed by atoms with Gasteiger partial charge in [0.15, 0.2) is 5.92 Å². The van der Waals surface area contributed by atoms with Crippen molar-refractivity contribution in [2.75, 3.05) is 11.5 Å². The third kappa shape index (κ3) is 5.38. The lowest BCUT2D eigenvalue weighted by molar-refractivity contribution is -0.151. The van der Waals surface area contributed by atoms with Crippen LogP contribution in [-0.2, 0) is 26.2 Å². The van der Waals surface area contributed by atoms with E-state index < -0.39 is 41.1 Å². The van der Waals surface area contributed by atoms with Gasteiger partial charge in [0.1, 0.15) is 22.9 Å². The minimum absolute atomic E-state index is 0.111. The number of nitrogens with zero attached hydrogens (tertiary/aromatic N) is 5. The molecule has 3 atom stereocenters. The normalized spacial score (nSPS) is 19.1. The molecule has 2 aromatic carbocycles. The van der Waals surface area contributed by atoms with E-state index in [-0.39, 0.29) is 17.2 Å². The average Bonchev–Trinajstić information content (AvgIpc) is 3.35. The standard InChI is InChI=1S/C25H22N6O6S2/c1-30-25(27-28-29-30)39-13-15-12-38-22-18(21(33)31(22)19(15)23(34)35)26-20(32)17(14-8-4-2-5-9-14)24(36)37-16-10-6-3-7-11-16/h2-11,17-18,22H,12-13H2,1H3,(H,26,32)(H,34,35)/t17?,18?,22-/m0/s1. The van der Waals surface area contributed by atoms with Crippen molar-refractivity contribution in [1.29, 1.82) is 0 Å². The Morgan fingerprint density at radius 3 is 2.49 bits per heavy atom. The van der Waals surface area contributed by atoms with Crippen molar-refractivity contribution in [2.24, 2.45) is 7.05 Å². The van der Waals surface area contributed by atoms with Crippen molar-refractivity contribution < 1.29 is 29.0 Å². The topological polar surface area (TPSA) is 157 Å². The summed E-state index contributed by atoms with van der Waals surface area (Å²) in [6, 6.07) is 15.8. The second-order valence-electron chi connectivity index (χ2n) is 8.60.